The highest BCUT2D eigenvalue weighted by molar-refractivity contribution is 6.03. The molecule has 12 heteroatoms. The van der Waals surface area contributed by atoms with Crippen LogP contribution in [0.25, 0.3) is 22.5 Å². The molecule has 206 valence electrons. The van der Waals surface area contributed by atoms with Gasteiger partial charge in [0.05, 0.1) is 17.4 Å². The van der Waals surface area contributed by atoms with Crippen LogP contribution in [0.3, 0.4) is 0 Å². The number of hydrogen-bond acceptors (Lipinski definition) is 7. The summed E-state index contributed by atoms with van der Waals surface area (Å²) in [6.07, 6.45) is -0.217. The number of fused-ring (bicyclic) bond motifs is 3. The van der Waals surface area contributed by atoms with E-state index in [9.17, 15) is 18.0 Å². The first-order valence-electron chi connectivity index (χ1n) is 12.7. The fourth-order valence-electron chi connectivity index (χ4n) is 4.68. The van der Waals surface area contributed by atoms with E-state index < -0.39 is 17.6 Å². The highest BCUT2D eigenvalue weighted by Crippen LogP contribution is 2.39. The zero-order valence-electron chi connectivity index (χ0n) is 22.0. The maximum Gasteiger partial charge on any atom is 0.416 e. The van der Waals surface area contributed by atoms with Gasteiger partial charge in [0.25, 0.3) is 11.5 Å². The van der Waals surface area contributed by atoms with Crippen molar-refractivity contribution in [1.82, 2.24) is 24.5 Å². The highest BCUT2D eigenvalue weighted by atomic mass is 19.4. The molecule has 0 unspecified atom stereocenters. The Bertz CT molecular complexity index is 1830. The summed E-state index contributed by atoms with van der Waals surface area (Å²) in [4.78, 5) is 34.5. The summed E-state index contributed by atoms with van der Waals surface area (Å²) < 4.78 is 41.4. The Labute approximate surface area is 232 Å². The summed E-state index contributed by atoms with van der Waals surface area (Å²) in [5.41, 5.74) is 4.46. The van der Waals surface area contributed by atoms with Crippen molar-refractivity contribution < 1.29 is 18.0 Å². The Kier molecular flexibility index (Phi) is 6.45. The van der Waals surface area contributed by atoms with Crippen molar-refractivity contribution in [2.45, 2.75) is 26.6 Å². The number of rotatable bonds is 4. The molecular weight excluding hydrogens is 533 g/mol. The van der Waals surface area contributed by atoms with Crippen LogP contribution in [0.2, 0.25) is 0 Å². The van der Waals surface area contributed by atoms with Crippen molar-refractivity contribution in [1.29, 1.82) is 0 Å². The van der Waals surface area contributed by atoms with Crippen LogP contribution in [0.5, 0.6) is 0 Å². The molecule has 0 saturated heterocycles. The van der Waals surface area contributed by atoms with E-state index in [0.717, 1.165) is 57.9 Å². The lowest BCUT2D eigenvalue weighted by molar-refractivity contribution is -0.137. The number of amides is 1. The summed E-state index contributed by atoms with van der Waals surface area (Å²) in [5, 5.41) is 6.10. The van der Waals surface area contributed by atoms with Crippen molar-refractivity contribution in [2.75, 3.05) is 17.2 Å². The predicted molar refractivity (Wildman–Crippen MR) is 147 cm³/mol. The molecule has 1 amide bonds. The standard InChI is InChI=1S/C29H23F3N8O/c1-16-3-5-20(37-27(41)24-12-19(7-8-33-24)29(30,31)32)13-22(16)23-11-18-14-36-28(38-21-6-4-17(2)35-15-21)39-25(18)40-10-9-34-26(23)40/h3-8,11-15,34H,9-10H2,1-2H3,(H,37,41). The van der Waals surface area contributed by atoms with Gasteiger partial charge in [0, 0.05) is 48.0 Å². The Morgan fingerprint density at radius 2 is 1.85 bits per heavy atom. The number of benzene rings is 1. The summed E-state index contributed by atoms with van der Waals surface area (Å²) in [7, 11) is 0. The summed E-state index contributed by atoms with van der Waals surface area (Å²) in [5.74, 6) is 0.834. The van der Waals surface area contributed by atoms with E-state index in [0.29, 0.717) is 30.1 Å². The van der Waals surface area contributed by atoms with E-state index in [4.69, 9.17) is 4.98 Å². The van der Waals surface area contributed by atoms with Gasteiger partial charge >= 0.3 is 6.18 Å². The average molecular weight is 557 g/mol. The van der Waals surface area contributed by atoms with Gasteiger partial charge in [-0.15, -0.1) is 0 Å². The van der Waals surface area contributed by atoms with Gasteiger partial charge in [-0.3, -0.25) is 14.8 Å². The van der Waals surface area contributed by atoms with Crippen molar-refractivity contribution in [3.8, 4) is 22.5 Å². The number of hydrogen-bond donors (Lipinski definition) is 2. The molecule has 0 fully saturated rings. The Hall–Kier alpha value is -5.13. The van der Waals surface area contributed by atoms with Gasteiger partial charge in [0.2, 0.25) is 0 Å². The van der Waals surface area contributed by atoms with Crippen LogP contribution in [-0.4, -0.2) is 37.0 Å². The number of aromatic nitrogens is 5. The molecule has 0 saturated carbocycles. The highest BCUT2D eigenvalue weighted by Gasteiger charge is 2.31. The normalized spacial score (nSPS) is 13.2. The number of nitrogens with zero attached hydrogens (tertiary/aromatic N) is 6. The first-order chi connectivity index (χ1) is 19.7. The summed E-state index contributed by atoms with van der Waals surface area (Å²) >= 11 is 0. The fraction of sp³-hybridized carbons (Fsp3) is 0.172. The molecule has 5 heterocycles. The van der Waals surface area contributed by atoms with E-state index in [2.05, 4.69) is 35.1 Å². The molecule has 3 aliphatic heterocycles. The van der Waals surface area contributed by atoms with Crippen molar-refractivity contribution >= 4 is 23.1 Å². The number of anilines is 2. The summed E-state index contributed by atoms with van der Waals surface area (Å²) in [6.45, 7) is 5.22. The molecule has 0 radical (unpaired) electrons. The van der Waals surface area contributed by atoms with Crippen LogP contribution in [0.1, 0.15) is 27.3 Å². The molecule has 0 aliphatic carbocycles. The minimum absolute atomic E-state index is 0.321. The number of alkyl halides is 3. The van der Waals surface area contributed by atoms with Crippen LogP contribution in [0.4, 0.5) is 30.4 Å². The number of carbonyl (C=O) groups excluding carboxylic acids is 1. The molecule has 1 aromatic carbocycles. The van der Waals surface area contributed by atoms with Crippen LogP contribution in [0.15, 0.2) is 72.1 Å². The average Bonchev–Trinajstić information content (AvgIpc) is 3.45. The van der Waals surface area contributed by atoms with Gasteiger partial charge in [-0.2, -0.15) is 18.2 Å². The molecule has 0 bridgehead atoms. The molecule has 3 aliphatic rings. The largest absolute Gasteiger partial charge is 0.416 e. The molecule has 3 aromatic rings. The smallest absolute Gasteiger partial charge is 0.369 e. The van der Waals surface area contributed by atoms with Crippen molar-refractivity contribution in [3.63, 3.8) is 0 Å². The van der Waals surface area contributed by atoms with E-state index in [1.807, 2.05) is 38.1 Å². The van der Waals surface area contributed by atoms with Crippen LogP contribution >= 0.6 is 0 Å². The molecule has 9 nitrogen and oxygen atoms in total. The first-order valence-corrected chi connectivity index (χ1v) is 12.7. The molecule has 2 aromatic heterocycles. The maximum atomic E-state index is 13.1. The second-order valence-corrected chi connectivity index (χ2v) is 9.61. The lowest BCUT2D eigenvalue weighted by Gasteiger charge is -2.19. The van der Waals surface area contributed by atoms with Gasteiger partial charge in [0.15, 0.2) is 0 Å². The third kappa shape index (κ3) is 5.23. The monoisotopic (exact) mass is 556 g/mol. The molecule has 2 N–H and O–H groups in total. The molecule has 6 rings (SSSR count). The Morgan fingerprint density at radius 1 is 1.00 bits per heavy atom. The number of pyridine rings is 3. The van der Waals surface area contributed by atoms with Gasteiger partial charge < -0.3 is 15.2 Å². The van der Waals surface area contributed by atoms with Crippen LogP contribution in [0, 0.1) is 13.8 Å². The summed E-state index contributed by atoms with van der Waals surface area (Å²) in [6, 6.07) is 12.6. The molecule has 0 spiro atoms. The van der Waals surface area contributed by atoms with E-state index in [1.54, 1.807) is 24.5 Å². The minimum Gasteiger partial charge on any atom is -0.369 e. The van der Waals surface area contributed by atoms with E-state index >= 15 is 0 Å². The number of aryl methyl sites for hydroxylation is 2. The lowest BCUT2D eigenvalue weighted by Crippen LogP contribution is -2.17. The molecule has 41 heavy (non-hydrogen) atoms. The Balaban J connectivity index is 1.37. The van der Waals surface area contributed by atoms with Gasteiger partial charge in [-0.25, -0.2) is 9.98 Å². The minimum atomic E-state index is -4.58. The number of halogens is 3. The third-order valence-electron chi connectivity index (χ3n) is 6.72. The third-order valence-corrected chi connectivity index (χ3v) is 6.72. The second kappa shape index (κ2) is 10.1. The quantitative estimate of drug-likeness (QED) is 0.307. The topological polar surface area (TPSA) is 110 Å². The lowest BCUT2D eigenvalue weighted by atomic mass is 9.98. The first kappa shape index (κ1) is 26.1. The van der Waals surface area contributed by atoms with Gasteiger partial charge in [-0.05, 0) is 67.4 Å². The predicted octanol–water partition coefficient (Wildman–Crippen LogP) is 5.39. The maximum absolute atomic E-state index is 13.1. The number of nitrogens with one attached hydrogen (secondary N) is 2. The van der Waals surface area contributed by atoms with E-state index in [-0.39, 0.29) is 5.69 Å². The number of carbonyl (C=O) groups is 1. The van der Waals surface area contributed by atoms with Gasteiger partial charge in [-0.1, -0.05) is 6.07 Å². The molecular formula is C29H23F3N8O. The molecule has 0 atom stereocenters. The Morgan fingerprint density at radius 3 is 2.63 bits per heavy atom. The van der Waals surface area contributed by atoms with Crippen LogP contribution in [-0.2, 0) is 12.7 Å². The zero-order chi connectivity index (χ0) is 28.7. The van der Waals surface area contributed by atoms with Crippen LogP contribution < -0.4 is 16.3 Å². The SMILES string of the molecule is Cc1ccc(N=c2ncc3cc(-c4cc(NC(=O)c5cc(C(F)(F)F)ccn5)ccc4C)c4n(c-3n2)CCN4)cn1. The second-order valence-electron chi connectivity index (χ2n) is 9.61. The fourth-order valence-corrected chi connectivity index (χ4v) is 4.68. The zero-order valence-corrected chi connectivity index (χ0v) is 22.0. The van der Waals surface area contributed by atoms with Gasteiger partial charge in [0.1, 0.15) is 17.3 Å². The van der Waals surface area contributed by atoms with Crippen molar-refractivity contribution in [3.05, 3.63) is 95.3 Å². The van der Waals surface area contributed by atoms with Crippen molar-refractivity contribution in [2.24, 2.45) is 4.99 Å². The van der Waals surface area contributed by atoms with E-state index in [1.165, 1.54) is 0 Å².